The molecule has 190 valence electrons. The first kappa shape index (κ1) is 24.7. The summed E-state index contributed by atoms with van der Waals surface area (Å²) in [6, 6.07) is 9.79. The second kappa shape index (κ2) is 9.18. The van der Waals surface area contributed by atoms with E-state index in [0.29, 0.717) is 22.2 Å². The summed E-state index contributed by atoms with van der Waals surface area (Å²) in [5.41, 5.74) is 5.93. The maximum absolute atomic E-state index is 14.7. The fourth-order valence-electron chi connectivity index (χ4n) is 4.77. The van der Waals surface area contributed by atoms with E-state index >= 15 is 0 Å². The van der Waals surface area contributed by atoms with Gasteiger partial charge in [0, 0.05) is 28.4 Å². The average Bonchev–Trinajstić information content (AvgIpc) is 3.23. The van der Waals surface area contributed by atoms with Crippen LogP contribution in [0.25, 0.3) is 16.6 Å². The van der Waals surface area contributed by atoms with E-state index in [1.807, 2.05) is 33.6 Å². The molecular weight excluding hydrogens is 594 g/mol. The van der Waals surface area contributed by atoms with Gasteiger partial charge in [0.1, 0.15) is 17.0 Å². The van der Waals surface area contributed by atoms with E-state index in [1.165, 1.54) is 35.2 Å². The second-order valence-corrected chi connectivity index (χ2v) is 10.1. The van der Waals surface area contributed by atoms with Gasteiger partial charge >= 0.3 is 5.69 Å². The van der Waals surface area contributed by atoms with E-state index in [-0.39, 0.29) is 34.5 Å². The van der Waals surface area contributed by atoms with Gasteiger partial charge in [0.2, 0.25) is 5.91 Å². The summed E-state index contributed by atoms with van der Waals surface area (Å²) in [6.07, 6.45) is 0.708. The molecule has 0 aliphatic carbocycles. The van der Waals surface area contributed by atoms with Crippen molar-refractivity contribution < 1.29 is 9.18 Å². The first-order valence-electron chi connectivity index (χ1n) is 11.3. The van der Waals surface area contributed by atoms with Crippen LogP contribution in [0, 0.1) is 16.3 Å². The van der Waals surface area contributed by atoms with E-state index in [9.17, 15) is 23.6 Å². The number of halogens is 2. The Morgan fingerprint density at radius 3 is 2.65 bits per heavy atom. The topological polar surface area (TPSA) is 135 Å². The Hall–Kier alpha value is -3.94. The van der Waals surface area contributed by atoms with Crippen molar-refractivity contribution in [1.82, 2.24) is 14.1 Å². The third kappa shape index (κ3) is 4.20. The standard InChI is InChI=1S/C25H22FIN6O4/c1-12-21-20(22(31(2)24(12)36)29-17-6-4-14(27)9-16(17)26)23(35)30-25(37)33(21)15-5-3-13-7-8-32(11-19(28)34)18(13)10-15/h3-6,9-10,29H,7-8,11H2,1-2H3,(H2,28,34)(H,30,35,37). The van der Waals surface area contributed by atoms with Crippen LogP contribution < -0.4 is 32.8 Å². The lowest BCUT2D eigenvalue weighted by atomic mass is 10.1. The molecule has 4 aromatic rings. The molecule has 10 nitrogen and oxygen atoms in total. The SMILES string of the molecule is Cc1c(=O)n(C)c(Nc2ccc(I)cc2F)c2c(=O)[nH]c(=O)n(-c3ccc4c(c3)N(CC(N)=O)CC4)c12. The number of aryl methyl sites for hydroxylation is 1. The molecule has 1 amide bonds. The number of primary amides is 1. The molecule has 37 heavy (non-hydrogen) atoms. The minimum Gasteiger partial charge on any atom is -0.368 e. The van der Waals surface area contributed by atoms with E-state index in [2.05, 4.69) is 10.3 Å². The molecule has 12 heteroatoms. The normalized spacial score (nSPS) is 12.7. The van der Waals surface area contributed by atoms with Crippen molar-refractivity contribution in [3.8, 4) is 5.69 Å². The molecule has 4 N–H and O–H groups in total. The number of aromatic amines is 1. The van der Waals surface area contributed by atoms with Gasteiger partial charge in [-0.25, -0.2) is 9.18 Å². The number of nitrogens with zero attached hydrogens (tertiary/aromatic N) is 3. The molecule has 0 saturated heterocycles. The number of nitrogens with two attached hydrogens (primary N) is 1. The number of fused-ring (bicyclic) bond motifs is 2. The third-order valence-electron chi connectivity index (χ3n) is 6.51. The Morgan fingerprint density at radius 2 is 1.95 bits per heavy atom. The Morgan fingerprint density at radius 1 is 1.19 bits per heavy atom. The van der Waals surface area contributed by atoms with Crippen LogP contribution in [-0.4, -0.2) is 33.1 Å². The molecule has 2 aromatic carbocycles. The van der Waals surface area contributed by atoms with Crippen LogP contribution in [0.2, 0.25) is 0 Å². The maximum atomic E-state index is 14.7. The molecule has 1 aliphatic heterocycles. The quantitative estimate of drug-likeness (QED) is 0.294. The van der Waals surface area contributed by atoms with Crippen molar-refractivity contribution in [3.05, 3.63) is 88.1 Å². The zero-order valence-electron chi connectivity index (χ0n) is 19.9. The number of nitrogens with one attached hydrogen (secondary N) is 2. The minimum atomic E-state index is -0.736. The van der Waals surface area contributed by atoms with Crippen LogP contribution in [0.4, 0.5) is 21.6 Å². The fraction of sp³-hybridized carbons (Fsp3) is 0.200. The number of hydrogen-bond acceptors (Lipinski definition) is 6. The highest BCUT2D eigenvalue weighted by Crippen LogP contribution is 2.32. The molecule has 0 saturated carbocycles. The highest BCUT2D eigenvalue weighted by Gasteiger charge is 2.24. The molecule has 1 aliphatic rings. The molecule has 0 fully saturated rings. The summed E-state index contributed by atoms with van der Waals surface area (Å²) in [4.78, 5) is 55.2. The third-order valence-corrected chi connectivity index (χ3v) is 7.18. The monoisotopic (exact) mass is 616 g/mol. The highest BCUT2D eigenvalue weighted by atomic mass is 127. The van der Waals surface area contributed by atoms with Gasteiger partial charge in [-0.15, -0.1) is 0 Å². The number of rotatable bonds is 5. The van der Waals surface area contributed by atoms with E-state index in [4.69, 9.17) is 5.73 Å². The van der Waals surface area contributed by atoms with Gasteiger partial charge in [-0.2, -0.15) is 0 Å². The summed E-state index contributed by atoms with van der Waals surface area (Å²) >= 11 is 1.98. The Bertz CT molecular complexity index is 1790. The van der Waals surface area contributed by atoms with Gasteiger partial charge in [-0.05, 0) is 71.8 Å². The molecule has 0 atom stereocenters. The summed E-state index contributed by atoms with van der Waals surface area (Å²) in [5.74, 6) is -1.01. The van der Waals surface area contributed by atoms with Crippen LogP contribution in [-0.2, 0) is 18.3 Å². The molecule has 3 heterocycles. The summed E-state index contributed by atoms with van der Waals surface area (Å²) in [5, 5.41) is 2.90. The first-order chi connectivity index (χ1) is 17.6. The molecule has 5 rings (SSSR count). The van der Waals surface area contributed by atoms with Crippen molar-refractivity contribution in [2.45, 2.75) is 13.3 Å². The number of amides is 1. The van der Waals surface area contributed by atoms with Crippen molar-refractivity contribution >= 4 is 56.6 Å². The number of H-pyrrole nitrogens is 1. The summed E-state index contributed by atoms with van der Waals surface area (Å²) in [6.45, 7) is 2.15. The van der Waals surface area contributed by atoms with Crippen LogP contribution in [0.3, 0.4) is 0 Å². The van der Waals surface area contributed by atoms with Crippen molar-refractivity contribution in [1.29, 1.82) is 0 Å². The van der Waals surface area contributed by atoms with E-state index < -0.39 is 28.5 Å². The van der Waals surface area contributed by atoms with Crippen molar-refractivity contribution in [3.63, 3.8) is 0 Å². The molecule has 0 unspecified atom stereocenters. The highest BCUT2D eigenvalue weighted by molar-refractivity contribution is 14.1. The number of benzene rings is 2. The average molecular weight is 616 g/mol. The number of carbonyl (C=O) groups excluding carboxylic acids is 1. The molecular formula is C25H22FIN6O4. The number of aromatic nitrogens is 3. The predicted octanol–water partition coefficient (Wildman–Crippen LogP) is 2.02. The van der Waals surface area contributed by atoms with Gasteiger partial charge in [-0.3, -0.25) is 28.5 Å². The van der Waals surface area contributed by atoms with E-state index in [1.54, 1.807) is 18.2 Å². The number of pyridine rings is 1. The maximum Gasteiger partial charge on any atom is 0.333 e. The smallest absolute Gasteiger partial charge is 0.333 e. The lowest BCUT2D eigenvalue weighted by Crippen LogP contribution is -2.34. The first-order valence-corrected chi connectivity index (χ1v) is 12.4. The predicted molar refractivity (Wildman–Crippen MR) is 148 cm³/mol. The Kier molecular flexibility index (Phi) is 6.14. The van der Waals surface area contributed by atoms with Gasteiger partial charge in [0.25, 0.3) is 11.1 Å². The number of hydrogen-bond donors (Lipinski definition) is 3. The zero-order valence-corrected chi connectivity index (χ0v) is 22.1. The van der Waals surface area contributed by atoms with Gasteiger partial charge in [-0.1, -0.05) is 6.07 Å². The van der Waals surface area contributed by atoms with Gasteiger partial charge in [0.15, 0.2) is 0 Å². The molecule has 2 aromatic heterocycles. The van der Waals surface area contributed by atoms with Crippen LogP contribution in [0.1, 0.15) is 11.1 Å². The molecule has 0 radical (unpaired) electrons. The number of carbonyl (C=O) groups is 1. The minimum absolute atomic E-state index is 0.0200. The van der Waals surface area contributed by atoms with Gasteiger partial charge < -0.3 is 16.0 Å². The molecule has 0 bridgehead atoms. The largest absolute Gasteiger partial charge is 0.368 e. The van der Waals surface area contributed by atoms with Crippen molar-refractivity contribution in [2.24, 2.45) is 12.8 Å². The van der Waals surface area contributed by atoms with Gasteiger partial charge in [0.05, 0.1) is 23.4 Å². The number of anilines is 3. The zero-order chi connectivity index (χ0) is 26.6. The fourth-order valence-corrected chi connectivity index (χ4v) is 5.22. The van der Waals surface area contributed by atoms with Crippen LogP contribution in [0.15, 0.2) is 50.8 Å². The summed E-state index contributed by atoms with van der Waals surface area (Å²) < 4.78 is 17.8. The van der Waals surface area contributed by atoms with Crippen LogP contribution in [0.5, 0.6) is 0 Å². The second-order valence-electron chi connectivity index (χ2n) is 8.86. The summed E-state index contributed by atoms with van der Waals surface area (Å²) in [7, 11) is 1.47. The molecule has 0 spiro atoms. The Balaban J connectivity index is 1.79. The van der Waals surface area contributed by atoms with Crippen LogP contribution >= 0.6 is 22.6 Å². The van der Waals surface area contributed by atoms with E-state index in [0.717, 1.165) is 11.3 Å². The lowest BCUT2D eigenvalue weighted by molar-refractivity contribution is -0.116. The Labute approximate surface area is 222 Å². The lowest BCUT2D eigenvalue weighted by Gasteiger charge is -2.20. The van der Waals surface area contributed by atoms with Crippen molar-refractivity contribution in [2.75, 3.05) is 23.3 Å².